The highest BCUT2D eigenvalue weighted by Crippen LogP contribution is 2.46. The molecule has 574 valence electrons. The molecule has 0 fully saturated rings. The zero-order valence-corrected chi connectivity index (χ0v) is 66.3. The first kappa shape index (κ1) is 70.4. The Balaban J connectivity index is 0.000000139. The highest BCUT2D eigenvalue weighted by atomic mass is 16.3. The maximum absolute atomic E-state index is 6.21. The molecule has 0 amide bonds. The van der Waals surface area contributed by atoms with Gasteiger partial charge in [0, 0.05) is 116 Å². The average molecular weight is 1570 g/mol. The van der Waals surface area contributed by atoms with Gasteiger partial charge in [0.15, 0.2) is 23.3 Å². The molecular weight excluding hydrogens is 1500 g/mol. The van der Waals surface area contributed by atoms with E-state index in [4.69, 9.17) is 34.3 Å². The van der Waals surface area contributed by atoms with Crippen LogP contribution in [0, 0.1) is 0 Å². The number of para-hydroxylation sites is 5. The van der Waals surface area contributed by atoms with Gasteiger partial charge < -0.3 is 18.1 Å². The molecule has 11 heteroatoms. The summed E-state index contributed by atoms with van der Waals surface area (Å²) in [7, 11) is 0. The molecule has 0 bridgehead atoms. The third-order valence-electron chi connectivity index (χ3n) is 24.2. The quantitative estimate of drug-likeness (QED) is 0.120. The summed E-state index contributed by atoms with van der Waals surface area (Å²) in [5.74, 6) is 3.56. The minimum Gasteiger partial charge on any atom is -0.456 e. The summed E-state index contributed by atoms with van der Waals surface area (Å²) < 4.78 is 15.7. The van der Waals surface area contributed by atoms with Crippen molar-refractivity contribution in [3.63, 3.8) is 0 Å². The number of hydrogen-bond donors (Lipinski definition) is 0. The van der Waals surface area contributed by atoms with Crippen LogP contribution in [0.3, 0.4) is 0 Å². The number of nitrogens with zero attached hydrogens (tertiary/aromatic N) is 10. The minimum absolute atomic E-state index is 0.631. The summed E-state index contributed by atoms with van der Waals surface area (Å²) >= 11 is 0. The van der Waals surface area contributed by atoms with E-state index in [9.17, 15) is 0 Å². The normalized spacial score (nSPS) is 11.7. The summed E-state index contributed by atoms with van der Waals surface area (Å²) in [6.45, 7) is 0. The van der Waals surface area contributed by atoms with E-state index in [1.165, 1.54) is 76.2 Å². The van der Waals surface area contributed by atoms with E-state index in [0.29, 0.717) is 23.3 Å². The second-order valence-corrected chi connectivity index (χ2v) is 31.2. The first-order chi connectivity index (χ1) is 61.0. The summed E-state index contributed by atoms with van der Waals surface area (Å²) in [5, 5.41) is 14.2. The molecule has 0 N–H and O–H groups in total. The first-order valence-corrected chi connectivity index (χ1v) is 41.5. The van der Waals surface area contributed by atoms with Gasteiger partial charge in [-0.15, -0.1) is 0 Å². The maximum atomic E-state index is 6.21. The fourth-order valence-corrected chi connectivity index (χ4v) is 18.6. The first-order valence-electron chi connectivity index (χ1n) is 41.5. The lowest BCUT2D eigenvalue weighted by atomic mass is 9.98. The van der Waals surface area contributed by atoms with Gasteiger partial charge in [-0.3, -0.25) is 4.57 Å². The predicted octanol–water partition coefficient (Wildman–Crippen LogP) is 28.5. The molecule has 25 aromatic rings. The van der Waals surface area contributed by atoms with Crippen LogP contribution in [0.1, 0.15) is 0 Å². The van der Waals surface area contributed by atoms with Crippen molar-refractivity contribution in [2.45, 2.75) is 0 Å². The molecule has 11 nitrogen and oxygen atoms in total. The maximum Gasteiger partial charge on any atom is 0.164 e. The Bertz CT molecular complexity index is 8380. The molecule has 0 unspecified atom stereocenters. The van der Waals surface area contributed by atoms with Gasteiger partial charge in [-0.1, -0.05) is 285 Å². The van der Waals surface area contributed by atoms with Crippen LogP contribution >= 0.6 is 0 Å². The lowest BCUT2D eigenvalue weighted by Crippen LogP contribution is -2.00. The molecule has 0 aliphatic rings. The van der Waals surface area contributed by atoms with E-state index < -0.39 is 0 Å². The fraction of sp³-hybridized carbons (Fsp3) is 0. The van der Waals surface area contributed by atoms with Gasteiger partial charge in [0.2, 0.25) is 0 Å². The van der Waals surface area contributed by atoms with E-state index in [1.54, 1.807) is 0 Å². The molecule has 0 saturated heterocycles. The van der Waals surface area contributed by atoms with Crippen molar-refractivity contribution < 1.29 is 4.42 Å². The highest BCUT2D eigenvalue weighted by Gasteiger charge is 2.25. The van der Waals surface area contributed by atoms with Crippen molar-refractivity contribution in [1.82, 2.24) is 48.2 Å². The van der Waals surface area contributed by atoms with Crippen molar-refractivity contribution in [2.75, 3.05) is 0 Å². The topological polar surface area (TPSA) is 110 Å². The molecule has 0 spiro atoms. The minimum atomic E-state index is 0.631. The number of fused-ring (bicyclic) bond motifs is 16. The monoisotopic (exact) mass is 1570 g/mol. The van der Waals surface area contributed by atoms with E-state index >= 15 is 0 Å². The Morgan fingerprint density at radius 1 is 0.195 bits per heavy atom. The third kappa shape index (κ3) is 12.0. The van der Waals surface area contributed by atoms with Gasteiger partial charge in [-0.25, -0.2) is 29.9 Å². The summed E-state index contributed by atoms with van der Waals surface area (Å²) in [5.41, 5.74) is 26.5. The fourth-order valence-electron chi connectivity index (χ4n) is 18.6. The molecule has 17 aromatic carbocycles. The Labute approximate surface area is 705 Å². The van der Waals surface area contributed by atoms with E-state index in [1.807, 2.05) is 103 Å². The Hall–Kier alpha value is -16.8. The Morgan fingerprint density at radius 3 is 1.15 bits per heavy atom. The number of benzene rings is 17. The summed E-state index contributed by atoms with van der Waals surface area (Å²) in [4.78, 5) is 30.0. The van der Waals surface area contributed by atoms with E-state index in [0.717, 1.165) is 134 Å². The molecule has 0 aliphatic heterocycles. The highest BCUT2D eigenvalue weighted by molar-refractivity contribution is 6.20. The SMILES string of the molecule is c1ccc(-c2cc(-c3cccc(-n4c5ccccc5c5c(-c6ccc7c(c6)c6ccccc6n7-c6ccc7oc8ccccc8c7c6)cccc54)c3)nc(-c3ccccc3)n2)cc1.c1ccc(-c2nc(-c3ccccc3)nc(-c3ccc(-n4c5ccccc5c5c(-c6ccc7c(c6)c6ccccc6n7-c6nccc7ccccc67)cccc54)cc3)n2)cc1. The van der Waals surface area contributed by atoms with Gasteiger partial charge in [-0.05, 0) is 161 Å². The lowest BCUT2D eigenvalue weighted by Gasteiger charge is -2.12. The lowest BCUT2D eigenvalue weighted by molar-refractivity contribution is 0.669. The van der Waals surface area contributed by atoms with Crippen molar-refractivity contribution in [3.05, 3.63) is 425 Å². The molecule has 8 heterocycles. The van der Waals surface area contributed by atoms with Crippen LogP contribution in [-0.2, 0) is 0 Å². The Kier molecular flexibility index (Phi) is 16.7. The van der Waals surface area contributed by atoms with Crippen LogP contribution in [0.4, 0.5) is 0 Å². The number of aromatic nitrogens is 10. The summed E-state index contributed by atoms with van der Waals surface area (Å²) in [6.07, 6.45) is 1.91. The van der Waals surface area contributed by atoms with Gasteiger partial charge in [0.1, 0.15) is 17.0 Å². The summed E-state index contributed by atoms with van der Waals surface area (Å²) in [6, 6.07) is 148. The van der Waals surface area contributed by atoms with Crippen LogP contribution in [0.2, 0.25) is 0 Å². The van der Waals surface area contributed by atoms with Crippen LogP contribution in [0.25, 0.3) is 233 Å². The molecule has 0 atom stereocenters. The van der Waals surface area contributed by atoms with E-state index in [2.05, 4.69) is 340 Å². The van der Waals surface area contributed by atoms with Crippen LogP contribution < -0.4 is 0 Å². The van der Waals surface area contributed by atoms with Gasteiger partial charge in [-0.2, -0.15) is 0 Å². The molecule has 0 saturated carbocycles. The smallest absolute Gasteiger partial charge is 0.164 e. The predicted molar refractivity (Wildman–Crippen MR) is 505 cm³/mol. The van der Waals surface area contributed by atoms with Crippen LogP contribution in [-0.4, -0.2) is 48.2 Å². The molecule has 123 heavy (non-hydrogen) atoms. The number of hydrogen-bond acceptors (Lipinski definition) is 7. The van der Waals surface area contributed by atoms with Crippen molar-refractivity contribution in [1.29, 1.82) is 0 Å². The van der Waals surface area contributed by atoms with Gasteiger partial charge in [0.25, 0.3) is 0 Å². The number of pyridine rings is 1. The Morgan fingerprint density at radius 2 is 0.577 bits per heavy atom. The van der Waals surface area contributed by atoms with Gasteiger partial charge in [0.05, 0.1) is 55.5 Å². The largest absolute Gasteiger partial charge is 0.456 e. The van der Waals surface area contributed by atoms with Crippen molar-refractivity contribution in [3.8, 4) is 113 Å². The molecule has 0 aliphatic carbocycles. The van der Waals surface area contributed by atoms with Crippen LogP contribution in [0.15, 0.2) is 429 Å². The second kappa shape index (κ2) is 29.1. The van der Waals surface area contributed by atoms with Gasteiger partial charge >= 0.3 is 0 Å². The third-order valence-corrected chi connectivity index (χ3v) is 24.2. The average Bonchev–Trinajstić information content (AvgIpc) is 1.58. The molecular formula is C112H70N10O. The molecule has 25 rings (SSSR count). The number of furan rings is 1. The standard InChI is InChI=1S/C58H36N4O.C54H34N6/c1-3-15-37(16-4-1)49-36-50(60-58(59-49)38-17-5-2-6-18-38)40-19-13-20-41(33-40)62-52-26-11-8-23-46(52)57-43(24-14-27-54(57)62)39-29-31-53-47(34-39)44-21-7-10-25-51(44)61(53)42-30-32-56-48(35-42)45-22-9-12-28-55(45)63-56;1-3-15-36(16-4-1)51-56-52(37-17-5-2-6-18-37)58-53(57-51)38-26-29-40(30-27-38)59-47-24-12-10-21-44(47)50-41(22-13-25-49(50)59)39-28-31-48-45(34-39)43-20-9-11-23-46(43)60(48)54-42-19-8-7-14-35(42)32-33-55-54/h1-36H;1-34H. The van der Waals surface area contributed by atoms with E-state index in [-0.39, 0.29) is 0 Å². The number of rotatable bonds is 12. The zero-order chi connectivity index (χ0) is 81.0. The molecule has 8 aromatic heterocycles. The van der Waals surface area contributed by atoms with Crippen molar-refractivity contribution in [2.24, 2.45) is 0 Å². The van der Waals surface area contributed by atoms with Crippen LogP contribution in [0.5, 0.6) is 0 Å². The second-order valence-electron chi connectivity index (χ2n) is 31.2. The molecule has 0 radical (unpaired) electrons. The van der Waals surface area contributed by atoms with Crippen molar-refractivity contribution >= 4 is 120 Å². The zero-order valence-electron chi connectivity index (χ0n) is 66.3.